The molecule has 1 N–H and O–H groups in total. The maximum Gasteiger partial charge on any atom is 0.274 e. The lowest BCUT2D eigenvalue weighted by molar-refractivity contribution is -0.385. The van der Waals surface area contributed by atoms with Crippen LogP contribution in [0.25, 0.3) is 0 Å². The molecular weight excluding hydrogens is 346 g/mol. The van der Waals surface area contributed by atoms with E-state index in [0.29, 0.717) is 17.4 Å². The van der Waals surface area contributed by atoms with E-state index in [1.165, 1.54) is 6.07 Å². The Balaban J connectivity index is 1.66. The summed E-state index contributed by atoms with van der Waals surface area (Å²) >= 11 is 0. The highest BCUT2D eigenvalue weighted by Crippen LogP contribution is 2.64. The summed E-state index contributed by atoms with van der Waals surface area (Å²) in [5.74, 6) is 1.47. The highest BCUT2D eigenvalue weighted by Gasteiger charge is 2.54. The molecule has 0 spiro atoms. The zero-order valence-corrected chi connectivity index (χ0v) is 14.6. The molecule has 2 aliphatic carbocycles. The van der Waals surface area contributed by atoms with Crippen LogP contribution in [-0.2, 0) is 0 Å². The van der Waals surface area contributed by atoms with Crippen molar-refractivity contribution in [2.45, 2.75) is 31.2 Å². The first kappa shape index (κ1) is 16.2. The number of hydrogen-bond donors (Lipinski definition) is 1. The number of nitro groups is 2. The predicted molar refractivity (Wildman–Crippen MR) is 99.6 cm³/mol. The second-order valence-electron chi connectivity index (χ2n) is 7.90. The first-order valence-corrected chi connectivity index (χ1v) is 9.33. The molecule has 27 heavy (non-hydrogen) atoms. The number of nitrogens with one attached hydrogen (secondary N) is 1. The second kappa shape index (κ2) is 5.77. The molecule has 5 atom stereocenters. The first-order valence-electron chi connectivity index (χ1n) is 9.33. The lowest BCUT2D eigenvalue weighted by Gasteiger charge is -2.43. The number of anilines is 1. The van der Waals surface area contributed by atoms with Crippen molar-refractivity contribution in [2.24, 2.45) is 17.8 Å². The third-order valence-corrected chi connectivity index (χ3v) is 6.75. The summed E-state index contributed by atoms with van der Waals surface area (Å²) in [6.07, 6.45) is 3.38. The molecule has 2 saturated carbocycles. The van der Waals surface area contributed by atoms with Crippen LogP contribution in [0.2, 0.25) is 0 Å². The van der Waals surface area contributed by atoms with E-state index >= 15 is 0 Å². The number of fused-ring (bicyclic) bond motifs is 7. The van der Waals surface area contributed by atoms with Gasteiger partial charge in [-0.2, -0.15) is 0 Å². The van der Waals surface area contributed by atoms with Gasteiger partial charge in [-0.1, -0.05) is 18.2 Å². The Morgan fingerprint density at radius 3 is 2.48 bits per heavy atom. The fourth-order valence-electron chi connectivity index (χ4n) is 5.81. The summed E-state index contributed by atoms with van der Waals surface area (Å²) in [4.78, 5) is 22.2. The largest absolute Gasteiger partial charge is 0.377 e. The Morgan fingerprint density at radius 1 is 0.926 bits per heavy atom. The van der Waals surface area contributed by atoms with E-state index in [-0.39, 0.29) is 39.1 Å². The van der Waals surface area contributed by atoms with E-state index in [1.807, 2.05) is 12.1 Å². The van der Waals surface area contributed by atoms with Gasteiger partial charge in [0.2, 0.25) is 0 Å². The monoisotopic (exact) mass is 365 g/mol. The molecule has 0 aromatic heterocycles. The van der Waals surface area contributed by atoms with Crippen molar-refractivity contribution in [2.75, 3.05) is 5.32 Å². The minimum absolute atomic E-state index is 0.112. The van der Waals surface area contributed by atoms with Gasteiger partial charge in [0.25, 0.3) is 11.4 Å². The number of para-hydroxylation sites is 1. The van der Waals surface area contributed by atoms with Crippen LogP contribution in [0.3, 0.4) is 0 Å². The van der Waals surface area contributed by atoms with Crippen LogP contribution in [0.5, 0.6) is 0 Å². The number of rotatable bonds is 3. The molecule has 2 aromatic carbocycles. The SMILES string of the molecule is O=[N+]([O-])c1ccc2c(c1)C1C3CCC(C3)C1C(c1ccccc1[N+](=O)[O-])N2. The molecule has 0 amide bonds. The molecule has 0 radical (unpaired) electrons. The highest BCUT2D eigenvalue weighted by atomic mass is 16.6. The van der Waals surface area contributed by atoms with E-state index in [2.05, 4.69) is 5.32 Å². The Morgan fingerprint density at radius 2 is 1.70 bits per heavy atom. The molecule has 2 aromatic rings. The fourth-order valence-corrected chi connectivity index (χ4v) is 5.81. The molecule has 1 heterocycles. The predicted octanol–water partition coefficient (Wildman–Crippen LogP) is 4.80. The summed E-state index contributed by atoms with van der Waals surface area (Å²) in [5.41, 5.74) is 2.85. The average molecular weight is 365 g/mol. The van der Waals surface area contributed by atoms with Gasteiger partial charge in [-0.05, 0) is 54.6 Å². The molecule has 5 rings (SSSR count). The van der Waals surface area contributed by atoms with Crippen molar-refractivity contribution < 1.29 is 9.85 Å². The Bertz CT molecular complexity index is 960. The Labute approximate surface area is 155 Å². The molecule has 5 unspecified atom stereocenters. The lowest BCUT2D eigenvalue weighted by Crippen LogP contribution is -2.35. The van der Waals surface area contributed by atoms with Gasteiger partial charge in [-0.25, -0.2) is 0 Å². The van der Waals surface area contributed by atoms with Crippen molar-refractivity contribution in [3.8, 4) is 0 Å². The van der Waals surface area contributed by atoms with Crippen LogP contribution < -0.4 is 5.32 Å². The van der Waals surface area contributed by atoms with Crippen molar-refractivity contribution in [3.63, 3.8) is 0 Å². The van der Waals surface area contributed by atoms with Crippen molar-refractivity contribution in [3.05, 3.63) is 73.8 Å². The zero-order chi connectivity index (χ0) is 18.7. The zero-order valence-electron chi connectivity index (χ0n) is 14.6. The highest BCUT2D eigenvalue weighted by molar-refractivity contribution is 5.63. The van der Waals surface area contributed by atoms with Crippen LogP contribution in [0.15, 0.2) is 42.5 Å². The van der Waals surface area contributed by atoms with Crippen molar-refractivity contribution in [1.29, 1.82) is 0 Å². The Kier molecular flexibility index (Phi) is 3.47. The number of non-ortho nitro benzene ring substituents is 1. The summed E-state index contributed by atoms with van der Waals surface area (Å²) in [6, 6.07) is 11.8. The topological polar surface area (TPSA) is 98.3 Å². The summed E-state index contributed by atoms with van der Waals surface area (Å²) in [5, 5.41) is 26.3. The van der Waals surface area contributed by atoms with E-state index in [4.69, 9.17) is 0 Å². The average Bonchev–Trinajstić information content (AvgIpc) is 3.29. The van der Waals surface area contributed by atoms with Crippen LogP contribution >= 0.6 is 0 Å². The van der Waals surface area contributed by atoms with Gasteiger partial charge in [0, 0.05) is 23.9 Å². The molecule has 7 nitrogen and oxygen atoms in total. The van der Waals surface area contributed by atoms with Crippen molar-refractivity contribution >= 4 is 17.1 Å². The number of nitro benzene ring substituents is 2. The van der Waals surface area contributed by atoms with Gasteiger partial charge in [-0.15, -0.1) is 0 Å². The number of nitrogens with zero attached hydrogens (tertiary/aromatic N) is 2. The first-order chi connectivity index (χ1) is 13.0. The summed E-state index contributed by atoms with van der Waals surface area (Å²) in [7, 11) is 0. The van der Waals surface area contributed by atoms with E-state index in [1.54, 1.807) is 24.3 Å². The minimum Gasteiger partial charge on any atom is -0.377 e. The molecule has 3 aliphatic rings. The van der Waals surface area contributed by atoms with Gasteiger partial charge in [0.05, 0.1) is 21.5 Å². The maximum atomic E-state index is 11.6. The van der Waals surface area contributed by atoms with E-state index in [0.717, 1.165) is 30.5 Å². The second-order valence-corrected chi connectivity index (χ2v) is 7.90. The summed E-state index contributed by atoms with van der Waals surface area (Å²) < 4.78 is 0. The molecule has 0 saturated heterocycles. The summed E-state index contributed by atoms with van der Waals surface area (Å²) in [6.45, 7) is 0. The van der Waals surface area contributed by atoms with Gasteiger partial charge in [-0.3, -0.25) is 20.2 Å². The van der Waals surface area contributed by atoms with Crippen LogP contribution in [0, 0.1) is 38.0 Å². The normalized spacial score (nSPS) is 30.3. The molecule has 7 heteroatoms. The third-order valence-electron chi connectivity index (χ3n) is 6.75. The molecule has 2 fully saturated rings. The van der Waals surface area contributed by atoms with Gasteiger partial charge >= 0.3 is 0 Å². The maximum absolute atomic E-state index is 11.6. The van der Waals surface area contributed by atoms with Gasteiger partial charge in [0.15, 0.2) is 0 Å². The molecule has 138 valence electrons. The van der Waals surface area contributed by atoms with Crippen LogP contribution in [0.1, 0.15) is 42.3 Å². The quantitative estimate of drug-likeness (QED) is 0.622. The lowest BCUT2D eigenvalue weighted by atomic mass is 9.68. The standard InChI is InChI=1S/C20H19N3O4/c24-22(25)13-7-8-16-15(10-13)18-11-5-6-12(9-11)19(18)20(21-16)14-3-1-2-4-17(14)23(26)27/h1-4,7-8,10-12,18-21H,5-6,9H2. The van der Waals surface area contributed by atoms with Gasteiger partial charge in [0.1, 0.15) is 0 Å². The van der Waals surface area contributed by atoms with Crippen molar-refractivity contribution in [1.82, 2.24) is 0 Å². The number of hydrogen-bond acceptors (Lipinski definition) is 5. The van der Waals surface area contributed by atoms with Crippen LogP contribution in [0.4, 0.5) is 17.1 Å². The van der Waals surface area contributed by atoms with E-state index in [9.17, 15) is 20.2 Å². The van der Waals surface area contributed by atoms with Gasteiger partial charge < -0.3 is 5.32 Å². The third kappa shape index (κ3) is 2.34. The smallest absolute Gasteiger partial charge is 0.274 e. The fraction of sp³-hybridized carbons (Fsp3) is 0.400. The minimum atomic E-state index is -0.351. The van der Waals surface area contributed by atoms with E-state index < -0.39 is 0 Å². The molecular formula is C20H19N3O4. The number of benzene rings is 2. The van der Waals surface area contributed by atoms with Crippen LogP contribution in [-0.4, -0.2) is 9.85 Å². The molecule has 1 aliphatic heterocycles. The Hall–Kier alpha value is -2.96. The molecule has 2 bridgehead atoms.